The Labute approximate surface area is 132 Å². The minimum absolute atomic E-state index is 0.557. The van der Waals surface area contributed by atoms with Crippen molar-refractivity contribution >= 4 is 11.6 Å². The van der Waals surface area contributed by atoms with Crippen LogP contribution < -0.4 is 0 Å². The van der Waals surface area contributed by atoms with Crippen LogP contribution in [-0.4, -0.2) is 0 Å². The van der Waals surface area contributed by atoms with Gasteiger partial charge in [0.25, 0.3) is 0 Å². The molecule has 2 aromatic carbocycles. The van der Waals surface area contributed by atoms with Gasteiger partial charge in [0.05, 0.1) is 0 Å². The average molecular weight is 297 g/mol. The number of rotatable bonds is 3. The lowest BCUT2D eigenvalue weighted by atomic mass is 9.91. The number of hydrogen-bond acceptors (Lipinski definition) is 0. The van der Waals surface area contributed by atoms with Gasteiger partial charge in [0, 0.05) is 10.9 Å². The van der Waals surface area contributed by atoms with Crippen LogP contribution in [0.2, 0.25) is 5.02 Å². The summed E-state index contributed by atoms with van der Waals surface area (Å²) in [4.78, 5) is 0. The van der Waals surface area contributed by atoms with E-state index in [0.717, 1.165) is 16.9 Å². The Hall–Kier alpha value is -1.27. The monoisotopic (exact) mass is 296 g/mol. The fraction of sp³-hybridized carbons (Fsp3) is 0.400. The number of hydrogen-bond donors (Lipinski definition) is 0. The van der Waals surface area contributed by atoms with Gasteiger partial charge in [-0.05, 0) is 59.4 Å². The highest BCUT2D eigenvalue weighted by atomic mass is 35.5. The molecule has 0 amide bonds. The molecule has 4 rings (SSSR count). The van der Waals surface area contributed by atoms with Gasteiger partial charge in [-0.2, -0.15) is 0 Å². The van der Waals surface area contributed by atoms with E-state index in [1.807, 2.05) is 0 Å². The fourth-order valence-electron chi connectivity index (χ4n) is 4.33. The predicted molar refractivity (Wildman–Crippen MR) is 89.0 cm³/mol. The van der Waals surface area contributed by atoms with E-state index >= 15 is 0 Å². The van der Waals surface area contributed by atoms with E-state index in [0.29, 0.717) is 11.8 Å². The maximum Gasteiger partial charge on any atom is 0.0409 e. The Morgan fingerprint density at radius 1 is 1.00 bits per heavy atom. The molecule has 0 spiro atoms. The predicted octanol–water partition coefficient (Wildman–Crippen LogP) is 6.01. The third kappa shape index (κ3) is 2.30. The second-order valence-electron chi connectivity index (χ2n) is 6.65. The van der Waals surface area contributed by atoms with Crippen LogP contribution in [0.1, 0.15) is 54.7 Å². The highest BCUT2D eigenvalue weighted by molar-refractivity contribution is 6.30. The summed E-state index contributed by atoms with van der Waals surface area (Å²) in [5.41, 5.74) is 4.49. The van der Waals surface area contributed by atoms with Gasteiger partial charge in [0.2, 0.25) is 0 Å². The first-order valence-electron chi connectivity index (χ1n) is 8.12. The van der Waals surface area contributed by atoms with Gasteiger partial charge in [-0.15, -0.1) is 0 Å². The first kappa shape index (κ1) is 13.4. The van der Waals surface area contributed by atoms with E-state index in [9.17, 15) is 0 Å². The van der Waals surface area contributed by atoms with E-state index in [1.54, 1.807) is 0 Å². The van der Waals surface area contributed by atoms with E-state index in [1.165, 1.54) is 36.0 Å². The molecule has 0 bridgehead atoms. The lowest BCUT2D eigenvalue weighted by Gasteiger charge is -2.12. The molecule has 1 fully saturated rings. The average Bonchev–Trinajstić information content (AvgIpc) is 3.21. The molecule has 21 heavy (non-hydrogen) atoms. The molecule has 0 radical (unpaired) electrons. The van der Waals surface area contributed by atoms with Crippen LogP contribution in [-0.2, 0) is 0 Å². The van der Waals surface area contributed by atoms with Crippen LogP contribution >= 0.6 is 11.6 Å². The maximum absolute atomic E-state index is 6.28. The molecule has 0 saturated heterocycles. The topological polar surface area (TPSA) is 0 Å². The molecule has 0 N–H and O–H groups in total. The molecule has 0 heterocycles. The van der Waals surface area contributed by atoms with Crippen LogP contribution in [0.4, 0.5) is 0 Å². The van der Waals surface area contributed by atoms with Crippen molar-refractivity contribution in [1.29, 1.82) is 0 Å². The van der Waals surface area contributed by atoms with Crippen molar-refractivity contribution < 1.29 is 0 Å². The smallest absolute Gasteiger partial charge is 0.0409 e. The van der Waals surface area contributed by atoms with E-state index in [2.05, 4.69) is 55.5 Å². The molecule has 2 aliphatic carbocycles. The Kier molecular flexibility index (Phi) is 3.30. The lowest BCUT2D eigenvalue weighted by Crippen LogP contribution is -1.99. The van der Waals surface area contributed by atoms with Crippen molar-refractivity contribution in [3.63, 3.8) is 0 Å². The Bertz CT molecular complexity index is 646. The molecule has 1 heteroatoms. The zero-order valence-electron chi connectivity index (χ0n) is 12.4. The fourth-order valence-corrected chi connectivity index (χ4v) is 4.51. The number of benzene rings is 2. The number of halogens is 1. The van der Waals surface area contributed by atoms with Crippen molar-refractivity contribution in [2.75, 3.05) is 0 Å². The van der Waals surface area contributed by atoms with Crippen molar-refractivity contribution in [3.05, 3.63) is 70.2 Å². The van der Waals surface area contributed by atoms with Gasteiger partial charge in [-0.1, -0.05) is 61.3 Å². The third-order valence-electron chi connectivity index (χ3n) is 5.53. The summed E-state index contributed by atoms with van der Waals surface area (Å²) in [6, 6.07) is 17.5. The van der Waals surface area contributed by atoms with E-state index < -0.39 is 0 Å². The molecule has 3 unspecified atom stereocenters. The Balaban J connectivity index is 1.73. The normalized spacial score (nSPS) is 30.2. The van der Waals surface area contributed by atoms with E-state index in [-0.39, 0.29) is 0 Å². The summed E-state index contributed by atoms with van der Waals surface area (Å²) < 4.78 is 0. The molecule has 2 aromatic rings. The van der Waals surface area contributed by atoms with Gasteiger partial charge in [-0.3, -0.25) is 0 Å². The van der Waals surface area contributed by atoms with Crippen molar-refractivity contribution in [2.24, 2.45) is 11.8 Å². The number of fused-ring (bicyclic) bond motifs is 1. The Morgan fingerprint density at radius 2 is 1.81 bits per heavy atom. The van der Waals surface area contributed by atoms with Gasteiger partial charge in [-0.25, -0.2) is 0 Å². The zero-order chi connectivity index (χ0) is 14.4. The second kappa shape index (κ2) is 5.18. The first-order chi connectivity index (χ1) is 10.3. The molecule has 0 aromatic heterocycles. The minimum atomic E-state index is 0.557. The van der Waals surface area contributed by atoms with Gasteiger partial charge >= 0.3 is 0 Å². The molecule has 108 valence electrons. The van der Waals surface area contributed by atoms with Gasteiger partial charge < -0.3 is 0 Å². The van der Waals surface area contributed by atoms with Crippen LogP contribution in [0, 0.1) is 11.8 Å². The highest BCUT2D eigenvalue weighted by Crippen LogP contribution is 2.58. The van der Waals surface area contributed by atoms with Crippen molar-refractivity contribution in [3.8, 4) is 0 Å². The summed E-state index contributed by atoms with van der Waals surface area (Å²) >= 11 is 6.28. The summed E-state index contributed by atoms with van der Waals surface area (Å²) in [6.45, 7) is 2.33. The third-order valence-corrected chi connectivity index (χ3v) is 5.77. The van der Waals surface area contributed by atoms with Crippen molar-refractivity contribution in [2.45, 2.75) is 38.0 Å². The summed E-state index contributed by atoms with van der Waals surface area (Å²) in [5, 5.41) is 0.890. The molecular weight excluding hydrogens is 276 g/mol. The Morgan fingerprint density at radius 3 is 2.52 bits per heavy atom. The second-order valence-corrected chi connectivity index (χ2v) is 7.08. The summed E-state index contributed by atoms with van der Waals surface area (Å²) in [7, 11) is 0. The van der Waals surface area contributed by atoms with Gasteiger partial charge in [0.1, 0.15) is 0 Å². The summed E-state index contributed by atoms with van der Waals surface area (Å²) in [5.74, 6) is 3.10. The van der Waals surface area contributed by atoms with Crippen LogP contribution in [0.5, 0.6) is 0 Å². The summed E-state index contributed by atoms with van der Waals surface area (Å²) in [6.07, 6.45) is 4.00. The van der Waals surface area contributed by atoms with E-state index in [4.69, 9.17) is 11.6 Å². The largest absolute Gasteiger partial charge is 0.0843 e. The molecule has 0 nitrogen and oxygen atoms in total. The molecule has 2 aliphatic rings. The first-order valence-corrected chi connectivity index (χ1v) is 8.50. The van der Waals surface area contributed by atoms with Gasteiger partial charge in [0.15, 0.2) is 0 Å². The zero-order valence-corrected chi connectivity index (χ0v) is 13.2. The maximum atomic E-state index is 6.28. The van der Waals surface area contributed by atoms with Crippen molar-refractivity contribution in [1.82, 2.24) is 0 Å². The quantitative estimate of drug-likeness (QED) is 0.651. The molecule has 1 saturated carbocycles. The lowest BCUT2D eigenvalue weighted by molar-refractivity contribution is 0.529. The molecular formula is C20H21Cl. The molecule has 0 aliphatic heterocycles. The van der Waals surface area contributed by atoms with Crippen LogP contribution in [0.15, 0.2) is 48.5 Å². The minimum Gasteiger partial charge on any atom is -0.0843 e. The standard InChI is InChI=1S/C20H21Cl/c1-2-13-10-17(13)20-12-18(14-6-4-3-5-7-14)16-9-8-15(21)11-19(16)20/h3-9,11,13,17-18,20H,2,10,12H2,1H3/t13?,17?,18-,20?/m0/s1. The molecule has 4 atom stereocenters. The van der Waals surface area contributed by atoms with Crippen LogP contribution in [0.3, 0.4) is 0 Å². The SMILES string of the molecule is CCC1CC1C1C[C@@H](c2ccccc2)c2ccc(Cl)cc21. The highest BCUT2D eigenvalue weighted by Gasteiger charge is 2.46. The van der Waals surface area contributed by atoms with Crippen LogP contribution in [0.25, 0.3) is 0 Å².